The maximum atomic E-state index is 5.93. The molecule has 1 fully saturated rings. The average Bonchev–Trinajstić information content (AvgIpc) is 2.35. The molecule has 5 heteroatoms. The number of anilines is 1. The molecule has 0 saturated heterocycles. The van der Waals surface area contributed by atoms with Gasteiger partial charge < -0.3 is 10.6 Å². The van der Waals surface area contributed by atoms with Crippen molar-refractivity contribution in [2.75, 3.05) is 5.32 Å². The van der Waals surface area contributed by atoms with E-state index in [9.17, 15) is 0 Å². The molecule has 2 rings (SSSR count). The smallest absolute Gasteiger partial charge is 0.172 e. The number of rotatable bonds is 2. The van der Waals surface area contributed by atoms with E-state index in [1.54, 1.807) is 6.20 Å². The lowest BCUT2D eigenvalue weighted by atomic mass is 9.96. The van der Waals surface area contributed by atoms with E-state index >= 15 is 0 Å². The molecule has 0 aliphatic heterocycles. The Morgan fingerprint density at radius 3 is 2.78 bits per heavy atom. The first-order valence-electron chi connectivity index (χ1n) is 6.35. The van der Waals surface area contributed by atoms with Gasteiger partial charge in [0.05, 0.1) is 5.02 Å². The Bertz CT molecular complexity index is 430. The van der Waals surface area contributed by atoms with Crippen molar-refractivity contribution in [3.05, 3.63) is 22.8 Å². The van der Waals surface area contributed by atoms with Crippen LogP contribution < -0.4 is 10.6 Å². The zero-order valence-electron chi connectivity index (χ0n) is 10.5. The summed E-state index contributed by atoms with van der Waals surface area (Å²) < 4.78 is 0. The lowest BCUT2D eigenvalue weighted by Crippen LogP contribution is -2.39. The fraction of sp³-hybridized carbons (Fsp3) is 0.538. The maximum Gasteiger partial charge on any atom is 0.172 e. The van der Waals surface area contributed by atoms with Gasteiger partial charge in [-0.2, -0.15) is 0 Å². The highest BCUT2D eigenvalue weighted by Gasteiger charge is 2.14. The summed E-state index contributed by atoms with van der Waals surface area (Å²) >= 11 is 11.2. The molecule has 0 aromatic carbocycles. The van der Waals surface area contributed by atoms with Gasteiger partial charge in [0.25, 0.3) is 0 Å². The van der Waals surface area contributed by atoms with Crippen LogP contribution in [0.3, 0.4) is 0 Å². The van der Waals surface area contributed by atoms with Gasteiger partial charge in [0.15, 0.2) is 5.11 Å². The zero-order chi connectivity index (χ0) is 13.0. The molecule has 0 amide bonds. The molecule has 0 radical (unpaired) electrons. The zero-order valence-corrected chi connectivity index (χ0v) is 12.1. The molecule has 1 saturated carbocycles. The minimum Gasteiger partial charge on any atom is -0.360 e. The molecule has 2 N–H and O–H groups in total. The van der Waals surface area contributed by atoms with Crippen molar-refractivity contribution < 1.29 is 0 Å². The standard InChI is InChI=1S/C13H18ClN3S/c1-9-7-12(15-8-11(9)14)17-13(18)16-10-5-3-2-4-6-10/h7-8,10H,2-6H2,1H3,(H2,15,16,17,18). The van der Waals surface area contributed by atoms with Gasteiger partial charge in [-0.3, -0.25) is 0 Å². The molecule has 1 aliphatic carbocycles. The van der Waals surface area contributed by atoms with Crippen LogP contribution in [0.2, 0.25) is 5.02 Å². The summed E-state index contributed by atoms with van der Waals surface area (Å²) in [5.41, 5.74) is 0.995. The third kappa shape index (κ3) is 3.82. The predicted molar refractivity (Wildman–Crippen MR) is 80.2 cm³/mol. The van der Waals surface area contributed by atoms with E-state index < -0.39 is 0 Å². The number of aryl methyl sites for hydroxylation is 1. The summed E-state index contributed by atoms with van der Waals surface area (Å²) in [6, 6.07) is 2.41. The number of hydrogen-bond donors (Lipinski definition) is 2. The lowest BCUT2D eigenvalue weighted by molar-refractivity contribution is 0.415. The van der Waals surface area contributed by atoms with Gasteiger partial charge in [-0.25, -0.2) is 4.98 Å². The first-order chi connectivity index (χ1) is 8.65. The van der Waals surface area contributed by atoms with E-state index in [0.717, 1.165) is 11.4 Å². The van der Waals surface area contributed by atoms with Crippen LogP contribution >= 0.6 is 23.8 Å². The molecular weight excluding hydrogens is 266 g/mol. The molecule has 1 heterocycles. The van der Waals surface area contributed by atoms with Crippen LogP contribution in [-0.4, -0.2) is 16.1 Å². The highest BCUT2D eigenvalue weighted by Crippen LogP contribution is 2.18. The van der Waals surface area contributed by atoms with Crippen molar-refractivity contribution in [2.24, 2.45) is 0 Å². The maximum absolute atomic E-state index is 5.93. The van der Waals surface area contributed by atoms with Crippen LogP contribution in [0, 0.1) is 6.92 Å². The highest BCUT2D eigenvalue weighted by atomic mass is 35.5. The summed E-state index contributed by atoms with van der Waals surface area (Å²) in [7, 11) is 0. The number of hydrogen-bond acceptors (Lipinski definition) is 2. The van der Waals surface area contributed by atoms with Crippen LogP contribution in [-0.2, 0) is 0 Å². The molecule has 1 aliphatic rings. The molecule has 1 aromatic heterocycles. The van der Waals surface area contributed by atoms with Crippen LogP contribution in [0.15, 0.2) is 12.3 Å². The Kier molecular flexibility index (Phi) is 4.78. The number of halogens is 1. The second kappa shape index (κ2) is 6.34. The first kappa shape index (κ1) is 13.6. The Balaban J connectivity index is 1.88. The average molecular weight is 284 g/mol. The van der Waals surface area contributed by atoms with E-state index in [0.29, 0.717) is 16.2 Å². The van der Waals surface area contributed by atoms with Gasteiger partial charge in [0.1, 0.15) is 5.82 Å². The predicted octanol–water partition coefficient (Wildman–Crippen LogP) is 3.66. The van der Waals surface area contributed by atoms with E-state index in [-0.39, 0.29) is 0 Å². The van der Waals surface area contributed by atoms with Crippen molar-refractivity contribution in [1.82, 2.24) is 10.3 Å². The molecule has 0 unspecified atom stereocenters. The van der Waals surface area contributed by atoms with E-state index in [2.05, 4.69) is 15.6 Å². The molecule has 0 spiro atoms. The number of aromatic nitrogens is 1. The first-order valence-corrected chi connectivity index (χ1v) is 7.13. The van der Waals surface area contributed by atoms with E-state index in [4.69, 9.17) is 23.8 Å². The van der Waals surface area contributed by atoms with Crippen molar-refractivity contribution in [2.45, 2.75) is 45.1 Å². The van der Waals surface area contributed by atoms with Crippen LogP contribution in [0.1, 0.15) is 37.7 Å². The molecule has 0 bridgehead atoms. The summed E-state index contributed by atoms with van der Waals surface area (Å²) in [5, 5.41) is 7.78. The van der Waals surface area contributed by atoms with Gasteiger partial charge in [0, 0.05) is 12.2 Å². The molecule has 1 aromatic rings. The number of nitrogens with zero attached hydrogens (tertiary/aromatic N) is 1. The summed E-state index contributed by atoms with van der Waals surface area (Å²) in [6.07, 6.45) is 7.97. The topological polar surface area (TPSA) is 37.0 Å². The number of nitrogens with one attached hydrogen (secondary N) is 2. The normalized spacial score (nSPS) is 16.3. The van der Waals surface area contributed by atoms with E-state index in [1.807, 2.05) is 13.0 Å². The number of thiocarbonyl (C=S) groups is 1. The summed E-state index contributed by atoms with van der Waals surface area (Å²) in [4.78, 5) is 4.20. The van der Waals surface area contributed by atoms with Crippen LogP contribution in [0.4, 0.5) is 5.82 Å². The third-order valence-electron chi connectivity index (χ3n) is 3.23. The lowest BCUT2D eigenvalue weighted by Gasteiger charge is -2.24. The second-order valence-corrected chi connectivity index (χ2v) is 5.57. The summed E-state index contributed by atoms with van der Waals surface area (Å²) in [5.74, 6) is 0.741. The fourth-order valence-electron chi connectivity index (χ4n) is 2.19. The van der Waals surface area contributed by atoms with E-state index in [1.165, 1.54) is 32.1 Å². The third-order valence-corrected chi connectivity index (χ3v) is 3.84. The number of pyridine rings is 1. The molecule has 0 atom stereocenters. The van der Waals surface area contributed by atoms with Gasteiger partial charge in [-0.05, 0) is 43.6 Å². The van der Waals surface area contributed by atoms with Gasteiger partial charge in [-0.1, -0.05) is 30.9 Å². The van der Waals surface area contributed by atoms with Gasteiger partial charge in [-0.15, -0.1) is 0 Å². The minimum atomic E-state index is 0.507. The van der Waals surface area contributed by atoms with Crippen molar-refractivity contribution in [3.63, 3.8) is 0 Å². The fourth-order valence-corrected chi connectivity index (χ4v) is 2.57. The molecular formula is C13H18ClN3S. The van der Waals surface area contributed by atoms with Crippen molar-refractivity contribution >= 4 is 34.7 Å². The van der Waals surface area contributed by atoms with Crippen molar-refractivity contribution in [1.29, 1.82) is 0 Å². The summed E-state index contributed by atoms with van der Waals surface area (Å²) in [6.45, 7) is 1.95. The second-order valence-electron chi connectivity index (χ2n) is 4.75. The van der Waals surface area contributed by atoms with Crippen LogP contribution in [0.25, 0.3) is 0 Å². The largest absolute Gasteiger partial charge is 0.360 e. The van der Waals surface area contributed by atoms with Crippen LogP contribution in [0.5, 0.6) is 0 Å². The Labute approximate surface area is 118 Å². The Hall–Kier alpha value is -0.870. The van der Waals surface area contributed by atoms with Crippen molar-refractivity contribution in [3.8, 4) is 0 Å². The monoisotopic (exact) mass is 283 g/mol. The highest BCUT2D eigenvalue weighted by molar-refractivity contribution is 7.80. The minimum absolute atomic E-state index is 0.507. The molecule has 3 nitrogen and oxygen atoms in total. The SMILES string of the molecule is Cc1cc(NC(=S)NC2CCCCC2)ncc1Cl. The van der Waals surface area contributed by atoms with Gasteiger partial charge >= 0.3 is 0 Å². The molecule has 98 valence electrons. The quantitative estimate of drug-likeness (QED) is 0.812. The Morgan fingerprint density at radius 2 is 2.11 bits per heavy atom. The Morgan fingerprint density at radius 1 is 1.39 bits per heavy atom. The van der Waals surface area contributed by atoms with Gasteiger partial charge in [0.2, 0.25) is 0 Å². The molecule has 18 heavy (non-hydrogen) atoms.